The summed E-state index contributed by atoms with van der Waals surface area (Å²) in [6.07, 6.45) is 2.37. The maximum absolute atomic E-state index is 6.24. The summed E-state index contributed by atoms with van der Waals surface area (Å²) in [6, 6.07) is 8.11. The van der Waals surface area contributed by atoms with E-state index in [1.54, 1.807) is 0 Å². The lowest BCUT2D eigenvalue weighted by Gasteiger charge is -2.33. The Hall–Kier alpha value is -0.570. The van der Waals surface area contributed by atoms with Gasteiger partial charge >= 0.3 is 0 Å². The summed E-state index contributed by atoms with van der Waals surface area (Å²) in [4.78, 5) is 2.37. The van der Waals surface area contributed by atoms with Crippen molar-refractivity contribution in [3.63, 3.8) is 0 Å². The zero-order chi connectivity index (χ0) is 15.0. The van der Waals surface area contributed by atoms with Crippen LogP contribution in [0.1, 0.15) is 39.2 Å². The highest BCUT2D eigenvalue weighted by molar-refractivity contribution is 6.31. The van der Waals surface area contributed by atoms with Crippen molar-refractivity contribution in [3.8, 4) is 0 Å². The molecule has 0 aliphatic rings. The van der Waals surface area contributed by atoms with E-state index in [4.69, 9.17) is 11.6 Å². The van der Waals surface area contributed by atoms with E-state index in [-0.39, 0.29) is 0 Å². The molecule has 2 nitrogen and oxygen atoms in total. The molecule has 114 valence electrons. The Morgan fingerprint density at radius 2 is 1.95 bits per heavy atom. The van der Waals surface area contributed by atoms with Crippen LogP contribution in [0.4, 0.5) is 0 Å². The zero-order valence-electron chi connectivity index (χ0n) is 13.4. The van der Waals surface area contributed by atoms with E-state index in [1.165, 1.54) is 18.4 Å². The molecule has 0 heterocycles. The van der Waals surface area contributed by atoms with E-state index >= 15 is 0 Å². The van der Waals surface area contributed by atoms with Gasteiger partial charge in [-0.1, -0.05) is 50.6 Å². The highest BCUT2D eigenvalue weighted by atomic mass is 35.5. The summed E-state index contributed by atoms with van der Waals surface area (Å²) < 4.78 is 0. The Morgan fingerprint density at radius 3 is 2.55 bits per heavy atom. The van der Waals surface area contributed by atoms with Crippen LogP contribution in [0.25, 0.3) is 0 Å². The number of hydrogen-bond acceptors (Lipinski definition) is 2. The number of halogens is 1. The first-order valence-corrected chi connectivity index (χ1v) is 8.01. The smallest absolute Gasteiger partial charge is 0.0451 e. The largest absolute Gasteiger partial charge is 0.316 e. The lowest BCUT2D eigenvalue weighted by atomic mass is 9.86. The Balaban J connectivity index is 2.54. The van der Waals surface area contributed by atoms with Crippen LogP contribution in [0.2, 0.25) is 5.02 Å². The molecule has 0 aromatic heterocycles. The minimum absolute atomic E-state index is 0.311. The third kappa shape index (κ3) is 5.82. The van der Waals surface area contributed by atoms with Crippen molar-refractivity contribution < 1.29 is 0 Å². The van der Waals surface area contributed by atoms with Crippen molar-refractivity contribution in [2.24, 2.45) is 5.41 Å². The van der Waals surface area contributed by atoms with Gasteiger partial charge in [0.25, 0.3) is 0 Å². The molecule has 0 saturated carbocycles. The molecule has 0 amide bonds. The molecule has 0 aliphatic heterocycles. The van der Waals surface area contributed by atoms with E-state index in [9.17, 15) is 0 Å². The lowest BCUT2D eigenvalue weighted by molar-refractivity contribution is 0.175. The first kappa shape index (κ1) is 17.5. The highest BCUT2D eigenvalue weighted by Gasteiger charge is 2.23. The van der Waals surface area contributed by atoms with Gasteiger partial charge in [0.2, 0.25) is 0 Å². The highest BCUT2D eigenvalue weighted by Crippen LogP contribution is 2.23. The summed E-state index contributed by atoms with van der Waals surface area (Å²) in [5, 5.41) is 4.42. The fourth-order valence-corrected chi connectivity index (χ4v) is 2.68. The van der Waals surface area contributed by atoms with Gasteiger partial charge in [0.05, 0.1) is 0 Å². The van der Waals surface area contributed by atoms with E-state index in [1.807, 2.05) is 12.1 Å². The summed E-state index contributed by atoms with van der Waals surface area (Å²) in [5.74, 6) is 0. The normalized spacial score (nSPS) is 14.5. The van der Waals surface area contributed by atoms with Gasteiger partial charge in [0.1, 0.15) is 0 Å². The SMILES string of the molecule is CCCNCC(C)(CC)CN(C)Cc1ccccc1Cl. The van der Waals surface area contributed by atoms with Crippen LogP contribution in [-0.2, 0) is 6.54 Å². The predicted molar refractivity (Wildman–Crippen MR) is 89.3 cm³/mol. The molecule has 20 heavy (non-hydrogen) atoms. The van der Waals surface area contributed by atoms with Gasteiger partial charge in [-0.3, -0.25) is 0 Å². The topological polar surface area (TPSA) is 15.3 Å². The maximum atomic E-state index is 6.24. The third-order valence-electron chi connectivity index (χ3n) is 3.88. The number of rotatable bonds is 9. The molecule has 1 unspecified atom stereocenters. The first-order valence-electron chi connectivity index (χ1n) is 7.63. The number of nitrogens with zero attached hydrogens (tertiary/aromatic N) is 1. The molecule has 0 spiro atoms. The zero-order valence-corrected chi connectivity index (χ0v) is 14.1. The van der Waals surface area contributed by atoms with Gasteiger partial charge < -0.3 is 10.2 Å². The van der Waals surface area contributed by atoms with Crippen LogP contribution in [0.15, 0.2) is 24.3 Å². The monoisotopic (exact) mass is 296 g/mol. The van der Waals surface area contributed by atoms with Crippen LogP contribution < -0.4 is 5.32 Å². The van der Waals surface area contributed by atoms with Crippen molar-refractivity contribution >= 4 is 11.6 Å². The van der Waals surface area contributed by atoms with E-state index in [0.29, 0.717) is 5.41 Å². The van der Waals surface area contributed by atoms with Crippen LogP contribution in [-0.4, -0.2) is 31.6 Å². The van der Waals surface area contributed by atoms with Crippen molar-refractivity contribution in [2.75, 3.05) is 26.7 Å². The predicted octanol–water partition coefficient (Wildman–Crippen LogP) is 4.19. The standard InChI is InChI=1S/C17H29ClN2/c1-5-11-19-13-17(3,6-2)14-20(4)12-15-9-7-8-10-16(15)18/h7-10,19H,5-6,11-14H2,1-4H3. The Labute approximate surface area is 129 Å². The molecule has 3 heteroatoms. The van der Waals surface area contributed by atoms with E-state index < -0.39 is 0 Å². The molecule has 1 N–H and O–H groups in total. The molecular weight excluding hydrogens is 268 g/mol. The van der Waals surface area contributed by atoms with Crippen molar-refractivity contribution in [3.05, 3.63) is 34.9 Å². The van der Waals surface area contributed by atoms with E-state index in [0.717, 1.165) is 31.2 Å². The minimum Gasteiger partial charge on any atom is -0.316 e. The summed E-state index contributed by atoms with van der Waals surface area (Å²) >= 11 is 6.24. The minimum atomic E-state index is 0.311. The van der Waals surface area contributed by atoms with Crippen LogP contribution in [0.5, 0.6) is 0 Å². The van der Waals surface area contributed by atoms with Gasteiger partial charge in [0, 0.05) is 24.7 Å². The molecule has 0 aliphatic carbocycles. The Kier molecular flexibility index (Phi) is 7.57. The van der Waals surface area contributed by atoms with Gasteiger partial charge in [-0.05, 0) is 43.5 Å². The quantitative estimate of drug-likeness (QED) is 0.688. The van der Waals surface area contributed by atoms with Crippen LogP contribution in [0.3, 0.4) is 0 Å². The van der Waals surface area contributed by atoms with Gasteiger partial charge in [-0.15, -0.1) is 0 Å². The average Bonchev–Trinajstić information content (AvgIpc) is 2.41. The van der Waals surface area contributed by atoms with E-state index in [2.05, 4.69) is 50.2 Å². The number of benzene rings is 1. The molecule has 1 atom stereocenters. The average molecular weight is 297 g/mol. The van der Waals surface area contributed by atoms with Gasteiger partial charge in [-0.2, -0.15) is 0 Å². The second kappa shape index (κ2) is 8.66. The summed E-state index contributed by atoms with van der Waals surface area (Å²) in [6.45, 7) is 11.0. The fourth-order valence-electron chi connectivity index (χ4n) is 2.48. The molecular formula is C17H29ClN2. The Bertz CT molecular complexity index is 394. The van der Waals surface area contributed by atoms with Crippen molar-refractivity contribution in [1.29, 1.82) is 0 Å². The van der Waals surface area contributed by atoms with Crippen LogP contribution in [0, 0.1) is 5.41 Å². The second-order valence-corrected chi connectivity index (χ2v) is 6.51. The Morgan fingerprint density at radius 1 is 1.25 bits per heavy atom. The molecule has 0 radical (unpaired) electrons. The van der Waals surface area contributed by atoms with Gasteiger partial charge in [0.15, 0.2) is 0 Å². The maximum Gasteiger partial charge on any atom is 0.0451 e. The molecule has 1 rings (SSSR count). The molecule has 0 saturated heterocycles. The number of hydrogen-bond donors (Lipinski definition) is 1. The lowest BCUT2D eigenvalue weighted by Crippen LogP contribution is -2.40. The number of nitrogens with one attached hydrogen (secondary N) is 1. The fraction of sp³-hybridized carbons (Fsp3) is 0.647. The summed E-state index contributed by atoms with van der Waals surface area (Å²) in [5.41, 5.74) is 1.52. The molecule has 0 fully saturated rings. The molecule has 1 aromatic carbocycles. The second-order valence-electron chi connectivity index (χ2n) is 6.10. The van der Waals surface area contributed by atoms with Gasteiger partial charge in [-0.25, -0.2) is 0 Å². The summed E-state index contributed by atoms with van der Waals surface area (Å²) in [7, 11) is 2.18. The first-order chi connectivity index (χ1) is 9.50. The van der Waals surface area contributed by atoms with Crippen molar-refractivity contribution in [1.82, 2.24) is 10.2 Å². The third-order valence-corrected chi connectivity index (χ3v) is 4.25. The molecule has 0 bridgehead atoms. The van der Waals surface area contributed by atoms with Crippen LogP contribution >= 0.6 is 11.6 Å². The van der Waals surface area contributed by atoms with Crippen molar-refractivity contribution in [2.45, 2.75) is 40.2 Å². The molecule has 1 aromatic rings.